The van der Waals surface area contributed by atoms with Crippen molar-refractivity contribution in [2.45, 2.75) is 26.4 Å². The van der Waals surface area contributed by atoms with E-state index in [4.69, 9.17) is 14.2 Å². The standard InChI is InChI=1S/C24H26N2O6S/c1-24(2,3)32-20(27)14-26-22(29)19(33-23(26)25-16-9-7-6-8-10-16)13-15-11-17(30-4)21(28)18(12-15)31-5/h6-13,28H,14H2,1-5H3/b19-13-,25-23?. The van der Waals surface area contributed by atoms with Crippen molar-refractivity contribution in [1.29, 1.82) is 0 Å². The molecule has 1 saturated heterocycles. The molecule has 0 aliphatic carbocycles. The summed E-state index contributed by atoms with van der Waals surface area (Å²) in [5.41, 5.74) is 0.549. The maximum Gasteiger partial charge on any atom is 0.326 e. The van der Waals surface area contributed by atoms with E-state index in [1.165, 1.54) is 19.1 Å². The Kier molecular flexibility index (Phi) is 7.33. The smallest absolute Gasteiger partial charge is 0.326 e. The van der Waals surface area contributed by atoms with Gasteiger partial charge in [0, 0.05) is 0 Å². The Hall–Kier alpha value is -3.46. The number of esters is 1. The van der Waals surface area contributed by atoms with Gasteiger partial charge in [-0.1, -0.05) is 18.2 Å². The minimum atomic E-state index is -0.679. The molecule has 0 bridgehead atoms. The number of thioether (sulfide) groups is 1. The van der Waals surface area contributed by atoms with Crippen LogP contribution in [0.4, 0.5) is 5.69 Å². The van der Waals surface area contributed by atoms with Crippen LogP contribution in [0.2, 0.25) is 0 Å². The van der Waals surface area contributed by atoms with Crippen molar-refractivity contribution in [2.75, 3.05) is 20.8 Å². The van der Waals surface area contributed by atoms with E-state index in [1.54, 1.807) is 51.1 Å². The third kappa shape index (κ3) is 6.07. The molecule has 0 spiro atoms. The molecule has 1 fully saturated rings. The molecule has 1 N–H and O–H groups in total. The summed E-state index contributed by atoms with van der Waals surface area (Å²) in [5.74, 6) is -0.635. The van der Waals surface area contributed by atoms with Gasteiger partial charge < -0.3 is 19.3 Å². The van der Waals surface area contributed by atoms with Gasteiger partial charge in [0.05, 0.1) is 24.8 Å². The van der Waals surface area contributed by atoms with Crippen LogP contribution >= 0.6 is 11.8 Å². The summed E-state index contributed by atoms with van der Waals surface area (Å²) in [6.07, 6.45) is 1.63. The molecule has 3 rings (SSSR count). The largest absolute Gasteiger partial charge is 0.502 e. The zero-order valence-electron chi connectivity index (χ0n) is 19.1. The molecule has 1 amide bonds. The quantitative estimate of drug-likeness (QED) is 0.495. The molecule has 2 aromatic rings. The Morgan fingerprint density at radius 2 is 1.73 bits per heavy atom. The average molecular weight is 471 g/mol. The SMILES string of the molecule is COc1cc(/C=C2\SC(=Nc3ccccc3)N(CC(=O)OC(C)(C)C)C2=O)cc(OC)c1O. The number of hydrogen-bond acceptors (Lipinski definition) is 8. The summed E-state index contributed by atoms with van der Waals surface area (Å²) in [6.45, 7) is 5.03. The van der Waals surface area contributed by atoms with E-state index in [1.807, 2.05) is 18.2 Å². The minimum Gasteiger partial charge on any atom is -0.502 e. The van der Waals surface area contributed by atoms with Gasteiger partial charge in [-0.15, -0.1) is 0 Å². The van der Waals surface area contributed by atoms with Crippen molar-refractivity contribution < 1.29 is 28.9 Å². The number of amidine groups is 1. The zero-order chi connectivity index (χ0) is 24.2. The summed E-state index contributed by atoms with van der Waals surface area (Å²) in [4.78, 5) is 31.9. The van der Waals surface area contributed by atoms with Crippen LogP contribution in [0.25, 0.3) is 6.08 Å². The summed E-state index contributed by atoms with van der Waals surface area (Å²) in [6, 6.07) is 12.3. The number of benzene rings is 2. The fraction of sp³-hybridized carbons (Fsp3) is 0.292. The predicted octanol–water partition coefficient (Wildman–Crippen LogP) is 4.36. The Labute approximate surface area is 196 Å². The molecule has 0 saturated carbocycles. The molecule has 1 heterocycles. The highest BCUT2D eigenvalue weighted by atomic mass is 32.2. The molecule has 174 valence electrons. The molecule has 1 aliphatic heterocycles. The highest BCUT2D eigenvalue weighted by Crippen LogP contribution is 2.40. The van der Waals surface area contributed by atoms with Gasteiger partial charge in [-0.05, 0) is 68.4 Å². The van der Waals surface area contributed by atoms with Crippen molar-refractivity contribution in [2.24, 2.45) is 4.99 Å². The van der Waals surface area contributed by atoms with Crippen molar-refractivity contribution in [1.82, 2.24) is 4.90 Å². The fourth-order valence-electron chi connectivity index (χ4n) is 3.00. The van der Waals surface area contributed by atoms with Crippen LogP contribution in [0.3, 0.4) is 0 Å². The number of ether oxygens (including phenoxy) is 3. The number of nitrogens with zero attached hydrogens (tertiary/aromatic N) is 2. The molecule has 33 heavy (non-hydrogen) atoms. The van der Waals surface area contributed by atoms with Crippen molar-refractivity contribution in [3.05, 3.63) is 52.9 Å². The lowest BCUT2D eigenvalue weighted by Gasteiger charge is -2.22. The summed E-state index contributed by atoms with van der Waals surface area (Å²) in [7, 11) is 2.85. The van der Waals surface area contributed by atoms with Crippen molar-refractivity contribution in [3.63, 3.8) is 0 Å². The van der Waals surface area contributed by atoms with Crippen LogP contribution in [-0.4, -0.2) is 53.4 Å². The monoisotopic (exact) mass is 470 g/mol. The van der Waals surface area contributed by atoms with Crippen LogP contribution in [0, 0.1) is 0 Å². The van der Waals surface area contributed by atoms with E-state index >= 15 is 0 Å². The van der Waals surface area contributed by atoms with Crippen LogP contribution in [0.1, 0.15) is 26.3 Å². The number of rotatable bonds is 6. The van der Waals surface area contributed by atoms with Gasteiger partial charge in [0.1, 0.15) is 12.1 Å². The molecule has 0 atom stereocenters. The fourth-order valence-corrected chi connectivity index (χ4v) is 3.99. The zero-order valence-corrected chi connectivity index (χ0v) is 19.9. The van der Waals surface area contributed by atoms with Gasteiger partial charge >= 0.3 is 5.97 Å². The second-order valence-corrected chi connectivity index (χ2v) is 9.10. The molecule has 2 aromatic carbocycles. The van der Waals surface area contributed by atoms with Crippen LogP contribution in [-0.2, 0) is 14.3 Å². The molecule has 0 aromatic heterocycles. The number of carbonyl (C=O) groups is 2. The summed E-state index contributed by atoms with van der Waals surface area (Å²) >= 11 is 1.14. The number of aromatic hydroxyl groups is 1. The van der Waals surface area contributed by atoms with E-state index in [2.05, 4.69) is 4.99 Å². The Morgan fingerprint density at radius 1 is 1.12 bits per heavy atom. The maximum atomic E-state index is 13.2. The Morgan fingerprint density at radius 3 is 2.27 bits per heavy atom. The highest BCUT2D eigenvalue weighted by molar-refractivity contribution is 8.18. The first-order valence-corrected chi connectivity index (χ1v) is 10.9. The van der Waals surface area contributed by atoms with E-state index in [0.717, 1.165) is 11.8 Å². The number of methoxy groups -OCH3 is 2. The van der Waals surface area contributed by atoms with E-state index < -0.39 is 11.6 Å². The molecule has 0 radical (unpaired) electrons. The van der Waals surface area contributed by atoms with Gasteiger partial charge in [0.2, 0.25) is 5.75 Å². The summed E-state index contributed by atoms with van der Waals surface area (Å²) < 4.78 is 15.8. The van der Waals surface area contributed by atoms with Crippen LogP contribution in [0.15, 0.2) is 52.4 Å². The van der Waals surface area contributed by atoms with Crippen molar-refractivity contribution >= 4 is 40.6 Å². The number of phenolic OH excluding ortho intramolecular Hbond substituents is 1. The number of aliphatic imine (C=N–C) groups is 1. The topological polar surface area (TPSA) is 97.7 Å². The minimum absolute atomic E-state index is 0.134. The first-order valence-electron chi connectivity index (χ1n) is 10.1. The third-order valence-electron chi connectivity index (χ3n) is 4.38. The molecular formula is C24H26N2O6S. The lowest BCUT2D eigenvalue weighted by Crippen LogP contribution is -2.37. The summed E-state index contributed by atoms with van der Waals surface area (Å²) in [5, 5.41) is 10.5. The van der Waals surface area contributed by atoms with E-state index in [9.17, 15) is 14.7 Å². The van der Waals surface area contributed by atoms with Gasteiger partial charge in [-0.3, -0.25) is 14.5 Å². The first kappa shape index (κ1) is 24.2. The molecule has 0 unspecified atom stereocenters. The number of phenols is 1. The lowest BCUT2D eigenvalue weighted by molar-refractivity contribution is -0.156. The van der Waals surface area contributed by atoms with Gasteiger partial charge in [0.25, 0.3) is 5.91 Å². The molecule has 8 nitrogen and oxygen atoms in total. The maximum absolute atomic E-state index is 13.2. The molecule has 1 aliphatic rings. The van der Waals surface area contributed by atoms with Crippen LogP contribution in [0.5, 0.6) is 17.2 Å². The lowest BCUT2D eigenvalue weighted by atomic mass is 10.1. The van der Waals surface area contributed by atoms with Crippen molar-refractivity contribution in [3.8, 4) is 17.2 Å². The first-order chi connectivity index (χ1) is 15.6. The Balaban J connectivity index is 1.98. The highest BCUT2D eigenvalue weighted by Gasteiger charge is 2.36. The molecular weight excluding hydrogens is 444 g/mol. The Bertz CT molecular complexity index is 1080. The van der Waals surface area contributed by atoms with E-state index in [0.29, 0.717) is 21.3 Å². The number of hydrogen-bond donors (Lipinski definition) is 1. The third-order valence-corrected chi connectivity index (χ3v) is 5.38. The average Bonchev–Trinajstić information content (AvgIpc) is 3.02. The van der Waals surface area contributed by atoms with Gasteiger partial charge in [-0.2, -0.15) is 0 Å². The predicted molar refractivity (Wildman–Crippen MR) is 128 cm³/mol. The van der Waals surface area contributed by atoms with Gasteiger partial charge in [0.15, 0.2) is 16.7 Å². The second-order valence-electron chi connectivity index (χ2n) is 8.09. The van der Waals surface area contributed by atoms with Gasteiger partial charge in [-0.25, -0.2) is 4.99 Å². The van der Waals surface area contributed by atoms with Crippen LogP contribution < -0.4 is 9.47 Å². The van der Waals surface area contributed by atoms with E-state index in [-0.39, 0.29) is 29.7 Å². The second kappa shape index (κ2) is 9.99. The number of carbonyl (C=O) groups excluding carboxylic acids is 2. The molecule has 9 heteroatoms. The number of para-hydroxylation sites is 1. The normalized spacial score (nSPS) is 16.4. The number of amides is 1.